The lowest BCUT2D eigenvalue weighted by Gasteiger charge is -2.26. The van der Waals surface area contributed by atoms with Crippen LogP contribution in [0.25, 0.3) is 11.3 Å². The Balaban J connectivity index is 1.64. The minimum absolute atomic E-state index is 0.647. The Labute approximate surface area is 167 Å². The number of nitrogens with zero attached hydrogens (tertiary/aromatic N) is 5. The van der Waals surface area contributed by atoms with E-state index < -0.39 is 0 Å². The molecule has 0 aliphatic carbocycles. The summed E-state index contributed by atoms with van der Waals surface area (Å²) < 4.78 is 5.41. The fourth-order valence-corrected chi connectivity index (χ4v) is 3.04. The fourth-order valence-electron chi connectivity index (χ4n) is 3.04. The number of ether oxygens (including phenoxy) is 1. The van der Waals surface area contributed by atoms with Gasteiger partial charge in [-0.3, -0.25) is 9.88 Å². The van der Waals surface area contributed by atoms with Gasteiger partial charge in [0, 0.05) is 56.7 Å². The number of pyridine rings is 1. The first-order valence-electron chi connectivity index (χ1n) is 9.93. The van der Waals surface area contributed by atoms with Crippen molar-refractivity contribution in [1.29, 1.82) is 0 Å². The molecule has 2 aromatic heterocycles. The Bertz CT molecular complexity index is 705. The Morgan fingerprint density at radius 3 is 2.75 bits per heavy atom. The molecule has 152 valence electrons. The van der Waals surface area contributed by atoms with Crippen molar-refractivity contribution >= 4 is 11.8 Å². The third-order valence-corrected chi connectivity index (χ3v) is 4.59. The summed E-state index contributed by atoms with van der Waals surface area (Å²) in [6.07, 6.45) is 4.63. The smallest absolute Gasteiger partial charge is 0.225 e. The average molecular weight is 386 g/mol. The molecule has 8 nitrogen and oxygen atoms in total. The predicted octanol–water partition coefficient (Wildman–Crippen LogP) is 1.65. The summed E-state index contributed by atoms with van der Waals surface area (Å²) in [6.45, 7) is 7.29. The SMILES string of the molecule is CN(C)CCCNc1nc(NCCN2CCOCC2)cc(-c2cccnc2)n1. The third kappa shape index (κ3) is 6.70. The van der Waals surface area contributed by atoms with Gasteiger partial charge in [0.2, 0.25) is 5.95 Å². The molecule has 8 heteroatoms. The maximum Gasteiger partial charge on any atom is 0.225 e. The lowest BCUT2D eigenvalue weighted by Crippen LogP contribution is -2.39. The Morgan fingerprint density at radius 2 is 2.00 bits per heavy atom. The maximum atomic E-state index is 5.41. The molecule has 0 saturated carbocycles. The van der Waals surface area contributed by atoms with E-state index in [0.717, 1.165) is 76.0 Å². The number of aromatic nitrogens is 3. The van der Waals surface area contributed by atoms with Crippen molar-refractivity contribution in [3.05, 3.63) is 30.6 Å². The zero-order chi connectivity index (χ0) is 19.6. The molecular weight excluding hydrogens is 354 g/mol. The van der Waals surface area contributed by atoms with E-state index in [4.69, 9.17) is 4.74 Å². The molecular formula is C20H31N7O. The van der Waals surface area contributed by atoms with Gasteiger partial charge in [-0.1, -0.05) is 0 Å². The van der Waals surface area contributed by atoms with Crippen LogP contribution in [0.15, 0.2) is 30.6 Å². The van der Waals surface area contributed by atoms with Gasteiger partial charge >= 0.3 is 0 Å². The van der Waals surface area contributed by atoms with E-state index in [2.05, 4.69) is 49.5 Å². The highest BCUT2D eigenvalue weighted by Gasteiger charge is 2.11. The van der Waals surface area contributed by atoms with Gasteiger partial charge < -0.3 is 20.3 Å². The standard InChI is InChI=1S/C20H31N7O/c1-26(2)9-4-7-23-20-24-18(17-5-3-6-21-16-17)15-19(25-20)22-8-10-27-11-13-28-14-12-27/h3,5-6,15-16H,4,7-14H2,1-2H3,(H2,22,23,24,25). The van der Waals surface area contributed by atoms with E-state index in [1.807, 2.05) is 24.4 Å². The van der Waals surface area contributed by atoms with Gasteiger partial charge in [0.05, 0.1) is 18.9 Å². The van der Waals surface area contributed by atoms with Crippen molar-refractivity contribution in [2.24, 2.45) is 0 Å². The van der Waals surface area contributed by atoms with Crippen LogP contribution in [-0.4, -0.2) is 91.3 Å². The van der Waals surface area contributed by atoms with E-state index in [-0.39, 0.29) is 0 Å². The topological polar surface area (TPSA) is 78.4 Å². The molecule has 0 bridgehead atoms. The molecule has 3 heterocycles. The van der Waals surface area contributed by atoms with Crippen LogP contribution in [0.4, 0.5) is 11.8 Å². The van der Waals surface area contributed by atoms with E-state index >= 15 is 0 Å². The Hall–Kier alpha value is -2.29. The van der Waals surface area contributed by atoms with Gasteiger partial charge in [-0.15, -0.1) is 0 Å². The largest absolute Gasteiger partial charge is 0.379 e. The molecule has 1 fully saturated rings. The molecule has 0 unspecified atom stereocenters. The van der Waals surface area contributed by atoms with E-state index in [1.54, 1.807) is 6.20 Å². The van der Waals surface area contributed by atoms with Gasteiger partial charge in [0.1, 0.15) is 5.82 Å². The molecule has 1 aliphatic heterocycles. The summed E-state index contributed by atoms with van der Waals surface area (Å²) in [5, 5.41) is 6.80. The number of rotatable bonds is 10. The Morgan fingerprint density at radius 1 is 1.14 bits per heavy atom. The molecule has 3 rings (SSSR count). The van der Waals surface area contributed by atoms with Crippen LogP contribution in [0.5, 0.6) is 0 Å². The molecule has 0 aromatic carbocycles. The van der Waals surface area contributed by atoms with Crippen molar-refractivity contribution < 1.29 is 4.74 Å². The summed E-state index contributed by atoms with van der Waals surface area (Å²) >= 11 is 0. The van der Waals surface area contributed by atoms with Crippen LogP contribution >= 0.6 is 0 Å². The molecule has 2 aromatic rings. The van der Waals surface area contributed by atoms with E-state index in [1.165, 1.54) is 0 Å². The monoisotopic (exact) mass is 385 g/mol. The molecule has 0 spiro atoms. The summed E-state index contributed by atoms with van der Waals surface area (Å²) in [5.74, 6) is 1.48. The first kappa shape index (κ1) is 20.4. The van der Waals surface area contributed by atoms with Crippen LogP contribution in [0.1, 0.15) is 6.42 Å². The fraction of sp³-hybridized carbons (Fsp3) is 0.550. The molecule has 2 N–H and O–H groups in total. The van der Waals surface area contributed by atoms with Gasteiger partial charge in [0.15, 0.2) is 0 Å². The summed E-state index contributed by atoms with van der Waals surface area (Å²) in [6, 6.07) is 5.93. The number of anilines is 2. The van der Waals surface area contributed by atoms with Crippen molar-refractivity contribution in [2.75, 3.05) is 77.2 Å². The average Bonchev–Trinajstić information content (AvgIpc) is 2.72. The minimum atomic E-state index is 0.647. The second-order valence-electron chi connectivity index (χ2n) is 7.17. The first-order chi connectivity index (χ1) is 13.7. The minimum Gasteiger partial charge on any atom is -0.379 e. The van der Waals surface area contributed by atoms with Crippen LogP contribution in [-0.2, 0) is 4.74 Å². The number of morpholine rings is 1. The van der Waals surface area contributed by atoms with Crippen LogP contribution < -0.4 is 10.6 Å². The van der Waals surface area contributed by atoms with Gasteiger partial charge in [-0.25, -0.2) is 4.98 Å². The van der Waals surface area contributed by atoms with E-state index in [0.29, 0.717) is 5.95 Å². The first-order valence-corrected chi connectivity index (χ1v) is 9.93. The van der Waals surface area contributed by atoms with Crippen LogP contribution in [0.2, 0.25) is 0 Å². The van der Waals surface area contributed by atoms with Crippen LogP contribution in [0, 0.1) is 0 Å². The number of hydrogen-bond donors (Lipinski definition) is 2. The molecule has 0 atom stereocenters. The summed E-state index contributed by atoms with van der Waals surface area (Å²) in [7, 11) is 4.16. The number of hydrogen-bond acceptors (Lipinski definition) is 8. The zero-order valence-electron chi connectivity index (χ0n) is 16.9. The van der Waals surface area contributed by atoms with Crippen molar-refractivity contribution in [3.63, 3.8) is 0 Å². The van der Waals surface area contributed by atoms with Crippen molar-refractivity contribution in [3.8, 4) is 11.3 Å². The Kier molecular flexibility index (Phi) is 7.95. The predicted molar refractivity (Wildman–Crippen MR) is 113 cm³/mol. The summed E-state index contributed by atoms with van der Waals surface area (Å²) in [5.41, 5.74) is 1.85. The lowest BCUT2D eigenvalue weighted by molar-refractivity contribution is 0.0398. The molecule has 0 amide bonds. The normalized spacial score (nSPS) is 15.0. The van der Waals surface area contributed by atoms with E-state index in [9.17, 15) is 0 Å². The zero-order valence-corrected chi connectivity index (χ0v) is 16.9. The highest BCUT2D eigenvalue weighted by Crippen LogP contribution is 2.20. The number of nitrogens with one attached hydrogen (secondary N) is 2. The van der Waals surface area contributed by atoms with Gasteiger partial charge in [0.25, 0.3) is 0 Å². The molecule has 0 radical (unpaired) electrons. The maximum absolute atomic E-state index is 5.41. The third-order valence-electron chi connectivity index (χ3n) is 4.59. The van der Waals surface area contributed by atoms with Crippen molar-refractivity contribution in [2.45, 2.75) is 6.42 Å². The van der Waals surface area contributed by atoms with Gasteiger partial charge in [-0.05, 0) is 39.2 Å². The second kappa shape index (κ2) is 10.9. The van der Waals surface area contributed by atoms with Crippen LogP contribution in [0.3, 0.4) is 0 Å². The lowest BCUT2D eigenvalue weighted by atomic mass is 10.2. The molecule has 1 saturated heterocycles. The van der Waals surface area contributed by atoms with Crippen molar-refractivity contribution in [1.82, 2.24) is 24.8 Å². The second-order valence-corrected chi connectivity index (χ2v) is 7.17. The molecule has 1 aliphatic rings. The highest BCUT2D eigenvalue weighted by molar-refractivity contribution is 5.63. The highest BCUT2D eigenvalue weighted by atomic mass is 16.5. The molecule has 28 heavy (non-hydrogen) atoms. The summed E-state index contributed by atoms with van der Waals surface area (Å²) in [4.78, 5) is 18.1. The quantitative estimate of drug-likeness (QED) is 0.598. The van der Waals surface area contributed by atoms with Gasteiger partial charge in [-0.2, -0.15) is 4.98 Å².